The van der Waals surface area contributed by atoms with Crippen molar-refractivity contribution in [1.29, 1.82) is 0 Å². The van der Waals surface area contributed by atoms with E-state index in [0.717, 1.165) is 30.1 Å². The zero-order valence-electron chi connectivity index (χ0n) is 13.9. The largest absolute Gasteiger partial charge is 0.335 e. The Kier molecular flexibility index (Phi) is 4.49. The highest BCUT2D eigenvalue weighted by Gasteiger charge is 2.22. The van der Waals surface area contributed by atoms with Gasteiger partial charge in [0.2, 0.25) is 0 Å². The van der Waals surface area contributed by atoms with Crippen LogP contribution in [0.4, 0.5) is 0 Å². The van der Waals surface area contributed by atoms with Crippen molar-refractivity contribution < 1.29 is 0 Å². The lowest BCUT2D eigenvalue weighted by atomic mass is 10.0. The summed E-state index contributed by atoms with van der Waals surface area (Å²) in [5.41, 5.74) is 3.14. The first-order chi connectivity index (χ1) is 11.9. The fourth-order valence-corrected chi connectivity index (χ4v) is 3.72. The second-order valence-electron chi connectivity index (χ2n) is 6.76. The van der Waals surface area contributed by atoms with E-state index in [2.05, 4.69) is 44.0 Å². The Morgan fingerprint density at radius 3 is 2.75 bits per heavy atom. The molecule has 2 N–H and O–H groups in total. The van der Waals surface area contributed by atoms with Crippen LogP contribution in [0.2, 0.25) is 0 Å². The second kappa shape index (κ2) is 7.07. The van der Waals surface area contributed by atoms with Gasteiger partial charge in [0.15, 0.2) is 0 Å². The summed E-state index contributed by atoms with van der Waals surface area (Å²) in [6, 6.07) is 0.450. The van der Waals surface area contributed by atoms with Crippen LogP contribution >= 0.6 is 0 Å². The molecule has 1 atom stereocenters. The Hall–Kier alpha value is -2.30. The number of rotatable bonds is 2. The van der Waals surface area contributed by atoms with Gasteiger partial charge in [-0.2, -0.15) is 0 Å². The van der Waals surface area contributed by atoms with Crippen LogP contribution in [0.5, 0.6) is 0 Å². The molecular formula is C20H22N4. The van der Waals surface area contributed by atoms with Crippen LogP contribution in [-0.2, 0) is 0 Å². The summed E-state index contributed by atoms with van der Waals surface area (Å²) in [6.07, 6.45) is 12.1. The van der Waals surface area contributed by atoms with Crippen LogP contribution in [0.15, 0.2) is 23.0 Å². The third kappa shape index (κ3) is 3.45. The fraction of sp³-hybridized carbons (Fsp3) is 0.500. The number of imidazole rings is 1. The molecule has 2 fully saturated rings. The Morgan fingerprint density at radius 1 is 1.04 bits per heavy atom. The Morgan fingerprint density at radius 2 is 1.92 bits per heavy atom. The molecular weight excluding hydrogens is 296 g/mol. The number of aromatic amines is 1. The van der Waals surface area contributed by atoms with Gasteiger partial charge in [-0.1, -0.05) is 18.8 Å². The molecule has 1 saturated carbocycles. The summed E-state index contributed by atoms with van der Waals surface area (Å²) >= 11 is 0. The van der Waals surface area contributed by atoms with Crippen LogP contribution in [-0.4, -0.2) is 28.3 Å². The number of hydrogen-bond acceptors (Lipinski definition) is 3. The van der Waals surface area contributed by atoms with E-state index in [1.807, 2.05) is 12.4 Å². The van der Waals surface area contributed by atoms with Gasteiger partial charge in [0.25, 0.3) is 0 Å². The smallest absolute Gasteiger partial charge is 0.110 e. The van der Waals surface area contributed by atoms with E-state index in [0.29, 0.717) is 12.0 Å². The summed E-state index contributed by atoms with van der Waals surface area (Å²) in [7, 11) is 0. The molecule has 24 heavy (non-hydrogen) atoms. The molecule has 3 aliphatic rings. The predicted molar refractivity (Wildman–Crippen MR) is 95.6 cm³/mol. The van der Waals surface area contributed by atoms with Crippen LogP contribution < -0.4 is 5.32 Å². The van der Waals surface area contributed by atoms with Gasteiger partial charge in [-0.05, 0) is 50.0 Å². The molecule has 4 heteroatoms. The van der Waals surface area contributed by atoms with E-state index in [4.69, 9.17) is 0 Å². The highest BCUT2D eigenvalue weighted by Crippen LogP contribution is 2.32. The first kappa shape index (κ1) is 15.2. The van der Waals surface area contributed by atoms with Crippen molar-refractivity contribution >= 4 is 5.71 Å². The molecule has 122 valence electrons. The molecule has 4 rings (SSSR count). The number of H-pyrrole nitrogens is 1. The lowest BCUT2D eigenvalue weighted by molar-refractivity contribution is 0.678. The minimum absolute atomic E-state index is 0.450. The van der Waals surface area contributed by atoms with Crippen molar-refractivity contribution in [1.82, 2.24) is 15.3 Å². The van der Waals surface area contributed by atoms with Crippen molar-refractivity contribution in [3.8, 4) is 23.7 Å². The van der Waals surface area contributed by atoms with Gasteiger partial charge < -0.3 is 10.3 Å². The molecule has 0 unspecified atom stereocenters. The van der Waals surface area contributed by atoms with Crippen LogP contribution in [0.1, 0.15) is 62.4 Å². The molecule has 3 heterocycles. The maximum absolute atomic E-state index is 4.51. The van der Waals surface area contributed by atoms with Gasteiger partial charge in [-0.25, -0.2) is 4.98 Å². The van der Waals surface area contributed by atoms with Gasteiger partial charge >= 0.3 is 0 Å². The minimum Gasteiger partial charge on any atom is -0.335 e. The molecule has 0 bridgehead atoms. The minimum atomic E-state index is 0.450. The van der Waals surface area contributed by atoms with E-state index >= 15 is 0 Å². The third-order valence-corrected chi connectivity index (χ3v) is 5.04. The molecule has 4 nitrogen and oxygen atoms in total. The summed E-state index contributed by atoms with van der Waals surface area (Å²) < 4.78 is 0. The molecule has 1 aliphatic carbocycles. The molecule has 0 amide bonds. The van der Waals surface area contributed by atoms with Gasteiger partial charge in [0, 0.05) is 35.9 Å². The zero-order valence-corrected chi connectivity index (χ0v) is 13.9. The summed E-state index contributed by atoms with van der Waals surface area (Å²) in [5.74, 6) is 13.7. The van der Waals surface area contributed by atoms with Crippen molar-refractivity contribution in [2.45, 2.75) is 56.9 Å². The van der Waals surface area contributed by atoms with E-state index < -0.39 is 0 Å². The standard InChI is InChI=1S/C20H22N4/c1(6-15-12-19(22-13-15)18-10-5-11-21-18)4-9-17-14-23-20(24-17)16-7-2-3-8-16/h13-14,16,18,21H,2-3,5,7-8,10-12H2,(H,23,24)/t18-/m0/s1. The first-order valence-electron chi connectivity index (χ1n) is 8.94. The summed E-state index contributed by atoms with van der Waals surface area (Å²) in [5, 5.41) is 3.48. The van der Waals surface area contributed by atoms with Crippen molar-refractivity contribution in [3.63, 3.8) is 0 Å². The molecule has 1 saturated heterocycles. The molecule has 0 radical (unpaired) electrons. The monoisotopic (exact) mass is 318 g/mol. The van der Waals surface area contributed by atoms with E-state index in [-0.39, 0.29) is 0 Å². The van der Waals surface area contributed by atoms with Crippen LogP contribution in [0.3, 0.4) is 0 Å². The quantitative estimate of drug-likeness (QED) is 0.824. The third-order valence-electron chi connectivity index (χ3n) is 5.04. The van der Waals surface area contributed by atoms with Crippen molar-refractivity contribution in [3.05, 3.63) is 29.5 Å². The van der Waals surface area contributed by atoms with E-state index in [9.17, 15) is 0 Å². The van der Waals surface area contributed by atoms with Crippen molar-refractivity contribution in [2.24, 2.45) is 4.99 Å². The predicted octanol–water partition coefficient (Wildman–Crippen LogP) is 2.90. The van der Waals surface area contributed by atoms with Gasteiger partial charge in [-0.3, -0.25) is 4.99 Å². The second-order valence-corrected chi connectivity index (χ2v) is 6.76. The molecule has 2 aliphatic heterocycles. The highest BCUT2D eigenvalue weighted by atomic mass is 15.0. The van der Waals surface area contributed by atoms with Gasteiger partial charge in [-0.15, -0.1) is 0 Å². The lowest BCUT2D eigenvalue weighted by Gasteiger charge is -2.08. The normalized spacial score (nSPS) is 23.2. The molecule has 1 aromatic heterocycles. The fourth-order valence-electron chi connectivity index (χ4n) is 3.72. The first-order valence-corrected chi connectivity index (χ1v) is 8.94. The average molecular weight is 318 g/mol. The molecule has 1 aromatic rings. The lowest BCUT2D eigenvalue weighted by Crippen LogP contribution is -2.29. The Labute approximate surface area is 143 Å². The highest BCUT2D eigenvalue weighted by molar-refractivity contribution is 5.94. The van der Waals surface area contributed by atoms with Crippen molar-refractivity contribution in [2.75, 3.05) is 6.54 Å². The Balaban J connectivity index is 1.32. The topological polar surface area (TPSA) is 53.1 Å². The number of allylic oxidation sites excluding steroid dienone is 1. The number of hydrogen-bond donors (Lipinski definition) is 2. The number of aromatic nitrogens is 2. The van der Waals surface area contributed by atoms with E-state index in [1.165, 1.54) is 44.2 Å². The average Bonchev–Trinajstić information content (AvgIpc) is 3.40. The van der Waals surface area contributed by atoms with E-state index in [1.54, 1.807) is 0 Å². The number of nitrogens with one attached hydrogen (secondary N) is 2. The Bertz CT molecular complexity index is 779. The number of nitrogens with zero attached hydrogens (tertiary/aromatic N) is 2. The van der Waals surface area contributed by atoms with Crippen LogP contribution in [0.25, 0.3) is 0 Å². The SMILES string of the molecule is C(C#Cc1cnc(C2CCCC2)[nH]1)#CC1=CN=C([C@@H]2CCCN2)C1. The summed E-state index contributed by atoms with van der Waals surface area (Å²) in [4.78, 5) is 12.3. The number of aliphatic imine (C=N–C) groups is 1. The maximum Gasteiger partial charge on any atom is 0.110 e. The van der Waals surface area contributed by atoms with Gasteiger partial charge in [0.05, 0.1) is 6.20 Å². The zero-order chi connectivity index (χ0) is 16.2. The maximum atomic E-state index is 4.51. The molecule has 0 spiro atoms. The molecule has 0 aromatic carbocycles. The van der Waals surface area contributed by atoms with Gasteiger partial charge in [0.1, 0.15) is 11.5 Å². The summed E-state index contributed by atoms with van der Waals surface area (Å²) in [6.45, 7) is 1.10. The van der Waals surface area contributed by atoms with Crippen LogP contribution in [0, 0.1) is 23.7 Å².